The topological polar surface area (TPSA) is 64.6 Å². The molecule has 1 saturated heterocycles. The molecular weight excluding hydrogens is 260 g/mol. The number of rotatable bonds is 4. The molecule has 0 unspecified atom stereocenters. The van der Waals surface area contributed by atoms with Crippen molar-refractivity contribution < 1.29 is 13.3 Å². The minimum atomic E-state index is -3.20. The summed E-state index contributed by atoms with van der Waals surface area (Å²) in [6, 6.07) is 6.64. The Morgan fingerprint density at radius 3 is 2.32 bits per heavy atom. The predicted molar refractivity (Wildman–Crippen MR) is 76.9 cm³/mol. The number of quaternary nitrogens is 1. The Morgan fingerprint density at radius 1 is 1.16 bits per heavy atom. The molecule has 1 aromatic rings. The minimum Gasteiger partial charge on any atom is -0.399 e. The van der Waals surface area contributed by atoms with Gasteiger partial charge in [0.25, 0.3) is 0 Å². The molecular formula is C14H23N2O2S+. The van der Waals surface area contributed by atoms with Crippen LogP contribution in [0.25, 0.3) is 0 Å². The third-order valence-corrected chi connectivity index (χ3v) is 5.83. The molecule has 4 nitrogen and oxygen atoms in total. The van der Waals surface area contributed by atoms with Gasteiger partial charge < -0.3 is 10.6 Å². The van der Waals surface area contributed by atoms with Gasteiger partial charge in [-0.3, -0.25) is 0 Å². The summed E-state index contributed by atoms with van der Waals surface area (Å²) in [4.78, 5) is 1.80. The predicted octanol–water partition coefficient (Wildman–Crippen LogP) is 0.500. The van der Waals surface area contributed by atoms with Crippen LogP contribution in [-0.2, 0) is 9.84 Å². The molecule has 1 aliphatic heterocycles. The van der Waals surface area contributed by atoms with Gasteiger partial charge in [0.05, 0.1) is 24.0 Å². The van der Waals surface area contributed by atoms with E-state index in [2.05, 4.69) is 0 Å². The molecule has 0 amide bonds. The van der Waals surface area contributed by atoms with Crippen molar-refractivity contribution in [3.63, 3.8) is 0 Å². The second kappa shape index (κ2) is 5.92. The van der Waals surface area contributed by atoms with Crippen LogP contribution < -0.4 is 10.6 Å². The summed E-state index contributed by atoms with van der Waals surface area (Å²) in [6.45, 7) is 4.23. The second-order valence-corrected chi connectivity index (χ2v) is 7.50. The maximum absolute atomic E-state index is 12.3. The van der Waals surface area contributed by atoms with Gasteiger partial charge in [-0.2, -0.15) is 0 Å². The summed E-state index contributed by atoms with van der Waals surface area (Å²) in [5.74, 6) is 0.215. The lowest BCUT2D eigenvalue weighted by Crippen LogP contribution is -3.16. The smallest absolute Gasteiger partial charge is 0.184 e. The molecule has 1 heterocycles. The Labute approximate surface area is 115 Å². The van der Waals surface area contributed by atoms with Gasteiger partial charge in [0, 0.05) is 5.69 Å². The molecule has 106 valence electrons. The zero-order valence-corrected chi connectivity index (χ0v) is 12.2. The molecule has 1 aromatic carbocycles. The monoisotopic (exact) mass is 283 g/mol. The SMILES string of the molecule is C[C@H](CS(=O)(=O)c1ccc(N)cc1)[NH+]1CCCCC1. The van der Waals surface area contributed by atoms with Gasteiger partial charge in [0.2, 0.25) is 0 Å². The summed E-state index contributed by atoms with van der Waals surface area (Å²) >= 11 is 0. The lowest BCUT2D eigenvalue weighted by atomic mass is 10.1. The molecule has 1 atom stereocenters. The molecule has 0 aromatic heterocycles. The molecule has 5 heteroatoms. The number of hydrogen-bond donors (Lipinski definition) is 2. The molecule has 3 N–H and O–H groups in total. The van der Waals surface area contributed by atoms with Crippen LogP contribution in [0.3, 0.4) is 0 Å². The van der Waals surface area contributed by atoms with Crippen LogP contribution in [-0.4, -0.2) is 33.3 Å². The first-order valence-electron chi connectivity index (χ1n) is 6.92. The van der Waals surface area contributed by atoms with Crippen molar-refractivity contribution in [3.8, 4) is 0 Å². The summed E-state index contributed by atoms with van der Waals surface area (Å²) in [5.41, 5.74) is 6.18. The Kier molecular flexibility index (Phi) is 4.47. The fourth-order valence-electron chi connectivity index (χ4n) is 2.72. The number of sulfone groups is 1. The fourth-order valence-corrected chi connectivity index (χ4v) is 4.35. The highest BCUT2D eigenvalue weighted by Gasteiger charge is 2.26. The number of nitrogen functional groups attached to an aromatic ring is 1. The number of hydrogen-bond acceptors (Lipinski definition) is 3. The number of benzene rings is 1. The quantitative estimate of drug-likeness (QED) is 0.791. The van der Waals surface area contributed by atoms with Crippen molar-refractivity contribution in [3.05, 3.63) is 24.3 Å². The van der Waals surface area contributed by atoms with Crippen LogP contribution in [0.1, 0.15) is 26.2 Å². The summed E-state index contributed by atoms with van der Waals surface area (Å²) in [6.07, 6.45) is 3.70. The van der Waals surface area contributed by atoms with E-state index in [-0.39, 0.29) is 11.8 Å². The number of nitrogens with one attached hydrogen (secondary N) is 1. The van der Waals surface area contributed by atoms with Gasteiger partial charge in [-0.15, -0.1) is 0 Å². The Balaban J connectivity index is 2.05. The van der Waals surface area contributed by atoms with E-state index in [1.165, 1.54) is 24.2 Å². The van der Waals surface area contributed by atoms with Crippen molar-refractivity contribution in [1.82, 2.24) is 0 Å². The van der Waals surface area contributed by atoms with Gasteiger partial charge in [0.1, 0.15) is 5.75 Å². The van der Waals surface area contributed by atoms with Crippen molar-refractivity contribution in [1.29, 1.82) is 0 Å². The van der Waals surface area contributed by atoms with E-state index in [1.54, 1.807) is 24.3 Å². The van der Waals surface area contributed by atoms with E-state index in [0.29, 0.717) is 10.6 Å². The summed E-state index contributed by atoms with van der Waals surface area (Å²) in [7, 11) is -3.20. The average molecular weight is 283 g/mol. The third-order valence-electron chi connectivity index (χ3n) is 3.90. The molecule has 1 fully saturated rings. The molecule has 0 bridgehead atoms. The zero-order valence-electron chi connectivity index (χ0n) is 11.4. The minimum absolute atomic E-state index is 0.155. The van der Waals surface area contributed by atoms with Crippen molar-refractivity contribution in [2.75, 3.05) is 24.6 Å². The Bertz CT molecular complexity index is 505. The van der Waals surface area contributed by atoms with Gasteiger partial charge in [0.15, 0.2) is 9.84 Å². The molecule has 0 spiro atoms. The lowest BCUT2D eigenvalue weighted by molar-refractivity contribution is -0.925. The van der Waals surface area contributed by atoms with E-state index in [0.717, 1.165) is 13.1 Å². The number of nitrogens with two attached hydrogens (primary N) is 1. The Morgan fingerprint density at radius 2 is 1.74 bits per heavy atom. The largest absolute Gasteiger partial charge is 0.399 e. The second-order valence-electron chi connectivity index (χ2n) is 5.47. The van der Waals surface area contributed by atoms with Crippen LogP contribution >= 0.6 is 0 Å². The van der Waals surface area contributed by atoms with E-state index in [9.17, 15) is 8.42 Å². The Hall–Kier alpha value is -1.07. The number of piperidine rings is 1. The van der Waals surface area contributed by atoms with Gasteiger partial charge in [-0.05, 0) is 50.5 Å². The van der Waals surface area contributed by atoms with E-state index >= 15 is 0 Å². The number of anilines is 1. The lowest BCUT2D eigenvalue weighted by Gasteiger charge is -2.29. The van der Waals surface area contributed by atoms with E-state index in [1.807, 2.05) is 6.92 Å². The van der Waals surface area contributed by atoms with E-state index in [4.69, 9.17) is 5.73 Å². The molecule has 2 rings (SSSR count). The molecule has 1 aliphatic rings. The number of likely N-dealkylation sites (tertiary alicyclic amines) is 1. The highest BCUT2D eigenvalue weighted by atomic mass is 32.2. The molecule has 0 saturated carbocycles. The summed E-state index contributed by atoms with van der Waals surface area (Å²) < 4.78 is 24.7. The van der Waals surface area contributed by atoms with Crippen LogP contribution in [0.5, 0.6) is 0 Å². The van der Waals surface area contributed by atoms with E-state index < -0.39 is 9.84 Å². The summed E-state index contributed by atoms with van der Waals surface area (Å²) in [5, 5.41) is 0. The first-order chi connectivity index (χ1) is 8.99. The highest BCUT2D eigenvalue weighted by molar-refractivity contribution is 7.91. The first-order valence-corrected chi connectivity index (χ1v) is 8.57. The van der Waals surface area contributed by atoms with Crippen LogP contribution in [0.4, 0.5) is 5.69 Å². The standard InChI is InChI=1S/C14H22N2O2S/c1-12(16-9-3-2-4-10-16)11-19(17,18)14-7-5-13(15)6-8-14/h5-8,12H,2-4,9-11,15H2,1H3/p+1/t12-/m1/s1. The average Bonchev–Trinajstić information content (AvgIpc) is 2.40. The van der Waals surface area contributed by atoms with Crippen LogP contribution in [0, 0.1) is 0 Å². The molecule has 0 aliphatic carbocycles. The fraction of sp³-hybridized carbons (Fsp3) is 0.571. The molecule has 0 radical (unpaired) electrons. The first kappa shape index (κ1) is 14.3. The highest BCUT2D eigenvalue weighted by Crippen LogP contribution is 2.14. The van der Waals surface area contributed by atoms with Gasteiger partial charge in [-0.25, -0.2) is 8.42 Å². The van der Waals surface area contributed by atoms with Crippen molar-refractivity contribution in [2.45, 2.75) is 37.1 Å². The zero-order chi connectivity index (χ0) is 13.9. The van der Waals surface area contributed by atoms with Gasteiger partial charge >= 0.3 is 0 Å². The van der Waals surface area contributed by atoms with Crippen molar-refractivity contribution in [2.24, 2.45) is 0 Å². The van der Waals surface area contributed by atoms with Gasteiger partial charge in [-0.1, -0.05) is 0 Å². The maximum Gasteiger partial charge on any atom is 0.184 e. The maximum atomic E-state index is 12.3. The van der Waals surface area contributed by atoms with Crippen LogP contribution in [0.2, 0.25) is 0 Å². The molecule has 19 heavy (non-hydrogen) atoms. The normalized spacial score (nSPS) is 19.2. The third kappa shape index (κ3) is 3.70. The van der Waals surface area contributed by atoms with Crippen molar-refractivity contribution >= 4 is 15.5 Å². The van der Waals surface area contributed by atoms with Crippen LogP contribution in [0.15, 0.2) is 29.2 Å².